The van der Waals surface area contributed by atoms with Gasteiger partial charge in [0.2, 0.25) is 10.0 Å². The summed E-state index contributed by atoms with van der Waals surface area (Å²) in [4.78, 5) is 12.4. The number of carbonyl (C=O) groups is 1. The zero-order chi connectivity index (χ0) is 19.3. The summed E-state index contributed by atoms with van der Waals surface area (Å²) in [6, 6.07) is 16.0. The SMILES string of the molecule is COc1cccc(NC(=O)c2cccc(S(=O)(=O)NCc3ccco3)c2)c1. The minimum Gasteiger partial charge on any atom is -0.497 e. The summed E-state index contributed by atoms with van der Waals surface area (Å²) in [6.07, 6.45) is 1.47. The summed E-state index contributed by atoms with van der Waals surface area (Å²) in [5.41, 5.74) is 0.766. The normalized spacial score (nSPS) is 11.1. The first-order valence-corrected chi connectivity index (χ1v) is 9.54. The largest absolute Gasteiger partial charge is 0.497 e. The monoisotopic (exact) mass is 386 g/mol. The fraction of sp³-hybridized carbons (Fsp3) is 0.105. The summed E-state index contributed by atoms with van der Waals surface area (Å²) in [5, 5.41) is 2.72. The molecule has 0 fully saturated rings. The third-order valence-electron chi connectivity index (χ3n) is 3.75. The van der Waals surface area contributed by atoms with Crippen LogP contribution in [0, 0.1) is 0 Å². The topological polar surface area (TPSA) is 97.6 Å². The second kappa shape index (κ2) is 8.07. The summed E-state index contributed by atoms with van der Waals surface area (Å²) < 4.78 is 37.6. The number of anilines is 1. The highest BCUT2D eigenvalue weighted by atomic mass is 32.2. The van der Waals surface area contributed by atoms with E-state index >= 15 is 0 Å². The van der Waals surface area contributed by atoms with Gasteiger partial charge in [-0.2, -0.15) is 0 Å². The van der Waals surface area contributed by atoms with Gasteiger partial charge in [0.25, 0.3) is 5.91 Å². The van der Waals surface area contributed by atoms with Gasteiger partial charge in [0.1, 0.15) is 11.5 Å². The first-order chi connectivity index (χ1) is 13.0. The van der Waals surface area contributed by atoms with E-state index in [4.69, 9.17) is 9.15 Å². The number of benzene rings is 2. The Hall–Kier alpha value is -3.10. The molecule has 0 spiro atoms. The van der Waals surface area contributed by atoms with Crippen LogP contribution in [0.3, 0.4) is 0 Å². The molecular formula is C19H18N2O5S. The quantitative estimate of drug-likeness (QED) is 0.650. The Kier molecular flexibility index (Phi) is 5.58. The van der Waals surface area contributed by atoms with Gasteiger partial charge in [0.15, 0.2) is 0 Å². The van der Waals surface area contributed by atoms with Crippen molar-refractivity contribution in [2.75, 3.05) is 12.4 Å². The first-order valence-electron chi connectivity index (χ1n) is 8.05. The van der Waals surface area contributed by atoms with Gasteiger partial charge in [-0.25, -0.2) is 13.1 Å². The van der Waals surface area contributed by atoms with E-state index in [-0.39, 0.29) is 17.0 Å². The molecule has 8 heteroatoms. The van der Waals surface area contributed by atoms with Crippen molar-refractivity contribution in [2.45, 2.75) is 11.4 Å². The van der Waals surface area contributed by atoms with Gasteiger partial charge in [-0.1, -0.05) is 12.1 Å². The van der Waals surface area contributed by atoms with Crippen molar-refractivity contribution in [3.8, 4) is 5.75 Å². The van der Waals surface area contributed by atoms with E-state index in [1.165, 1.54) is 31.6 Å². The fourth-order valence-electron chi connectivity index (χ4n) is 2.37. The zero-order valence-electron chi connectivity index (χ0n) is 14.5. The van der Waals surface area contributed by atoms with E-state index in [9.17, 15) is 13.2 Å². The third-order valence-corrected chi connectivity index (χ3v) is 5.15. The number of hydrogen-bond donors (Lipinski definition) is 2. The molecule has 1 amide bonds. The third kappa shape index (κ3) is 4.75. The van der Waals surface area contributed by atoms with Crippen molar-refractivity contribution >= 4 is 21.6 Å². The highest BCUT2D eigenvalue weighted by molar-refractivity contribution is 7.89. The Morgan fingerprint density at radius 2 is 1.89 bits per heavy atom. The maximum absolute atomic E-state index is 12.5. The van der Waals surface area contributed by atoms with Crippen LogP contribution in [0.25, 0.3) is 0 Å². The summed E-state index contributed by atoms with van der Waals surface area (Å²) >= 11 is 0. The number of hydrogen-bond acceptors (Lipinski definition) is 5. The van der Waals surface area contributed by atoms with E-state index in [1.54, 1.807) is 42.5 Å². The number of ether oxygens (including phenoxy) is 1. The molecule has 0 bridgehead atoms. The van der Waals surface area contributed by atoms with Crippen molar-refractivity contribution in [3.05, 3.63) is 78.3 Å². The van der Waals surface area contributed by atoms with E-state index in [0.717, 1.165) is 0 Å². The van der Waals surface area contributed by atoms with E-state index < -0.39 is 15.9 Å². The summed E-state index contributed by atoms with van der Waals surface area (Å²) in [7, 11) is -2.25. The standard InChI is InChI=1S/C19H18N2O5S/c1-25-16-7-3-6-15(12-16)21-19(22)14-5-2-9-18(11-14)27(23,24)20-13-17-8-4-10-26-17/h2-12,20H,13H2,1H3,(H,21,22). The van der Waals surface area contributed by atoms with E-state index in [2.05, 4.69) is 10.0 Å². The predicted molar refractivity (Wildman–Crippen MR) is 100 cm³/mol. The van der Waals surface area contributed by atoms with Gasteiger partial charge >= 0.3 is 0 Å². The smallest absolute Gasteiger partial charge is 0.255 e. The van der Waals surface area contributed by atoms with Crippen molar-refractivity contribution in [1.29, 1.82) is 0 Å². The van der Waals surface area contributed by atoms with Crippen molar-refractivity contribution < 1.29 is 22.4 Å². The molecule has 2 N–H and O–H groups in total. The molecule has 0 aliphatic heterocycles. The lowest BCUT2D eigenvalue weighted by atomic mass is 10.2. The molecule has 0 aliphatic rings. The molecule has 1 heterocycles. The van der Waals surface area contributed by atoms with Gasteiger partial charge in [-0.3, -0.25) is 4.79 Å². The average molecular weight is 386 g/mol. The number of methoxy groups -OCH3 is 1. The number of sulfonamides is 1. The van der Waals surface area contributed by atoms with Crippen LogP contribution >= 0.6 is 0 Å². The average Bonchev–Trinajstić information content (AvgIpc) is 3.20. The maximum Gasteiger partial charge on any atom is 0.255 e. The van der Waals surface area contributed by atoms with Crippen LogP contribution in [0.1, 0.15) is 16.1 Å². The first kappa shape index (κ1) is 18.7. The number of amides is 1. The molecule has 140 valence electrons. The molecule has 2 aromatic carbocycles. The molecule has 27 heavy (non-hydrogen) atoms. The van der Waals surface area contributed by atoms with Crippen LogP contribution in [0.2, 0.25) is 0 Å². The second-order valence-electron chi connectivity index (χ2n) is 5.62. The van der Waals surface area contributed by atoms with Crippen molar-refractivity contribution in [1.82, 2.24) is 4.72 Å². The molecule has 0 unspecified atom stereocenters. The van der Waals surface area contributed by atoms with Gasteiger partial charge in [-0.05, 0) is 42.5 Å². The van der Waals surface area contributed by atoms with Crippen LogP contribution in [-0.2, 0) is 16.6 Å². The van der Waals surface area contributed by atoms with Crippen molar-refractivity contribution in [2.24, 2.45) is 0 Å². The molecular weight excluding hydrogens is 368 g/mol. The molecule has 7 nitrogen and oxygen atoms in total. The van der Waals surface area contributed by atoms with Crippen LogP contribution in [0.15, 0.2) is 76.2 Å². The number of furan rings is 1. The lowest BCUT2D eigenvalue weighted by Gasteiger charge is -2.09. The van der Waals surface area contributed by atoms with Gasteiger partial charge in [0.05, 0.1) is 24.8 Å². The molecule has 0 saturated carbocycles. The van der Waals surface area contributed by atoms with Crippen LogP contribution in [-0.4, -0.2) is 21.4 Å². The molecule has 0 aliphatic carbocycles. The minimum absolute atomic E-state index is 0.00708. The molecule has 1 aromatic heterocycles. The molecule has 0 atom stereocenters. The minimum atomic E-state index is -3.79. The Morgan fingerprint density at radius 1 is 1.07 bits per heavy atom. The van der Waals surface area contributed by atoms with Gasteiger partial charge < -0.3 is 14.5 Å². The predicted octanol–water partition coefficient (Wildman–Crippen LogP) is 3.02. The molecule has 3 aromatic rings. The summed E-state index contributed by atoms with van der Waals surface area (Å²) in [6.45, 7) is 0.0234. The van der Waals surface area contributed by atoms with Crippen molar-refractivity contribution in [3.63, 3.8) is 0 Å². The molecule has 0 saturated heterocycles. The number of rotatable bonds is 7. The highest BCUT2D eigenvalue weighted by Gasteiger charge is 2.17. The fourth-order valence-corrected chi connectivity index (χ4v) is 3.41. The Labute approximate surface area is 157 Å². The lowest BCUT2D eigenvalue weighted by Crippen LogP contribution is -2.23. The maximum atomic E-state index is 12.5. The molecule has 0 radical (unpaired) electrons. The van der Waals surface area contributed by atoms with Gasteiger partial charge in [0, 0.05) is 17.3 Å². The van der Waals surface area contributed by atoms with E-state index in [1.807, 2.05) is 0 Å². The second-order valence-corrected chi connectivity index (χ2v) is 7.38. The zero-order valence-corrected chi connectivity index (χ0v) is 15.3. The Balaban J connectivity index is 1.74. The van der Waals surface area contributed by atoms with Gasteiger partial charge in [-0.15, -0.1) is 0 Å². The summed E-state index contributed by atoms with van der Waals surface area (Å²) in [5.74, 6) is 0.670. The van der Waals surface area contributed by atoms with Crippen LogP contribution < -0.4 is 14.8 Å². The number of carbonyl (C=O) groups excluding carboxylic acids is 1. The highest BCUT2D eigenvalue weighted by Crippen LogP contribution is 2.18. The van der Waals surface area contributed by atoms with Crippen LogP contribution in [0.4, 0.5) is 5.69 Å². The number of nitrogens with one attached hydrogen (secondary N) is 2. The lowest BCUT2D eigenvalue weighted by molar-refractivity contribution is 0.102. The Morgan fingerprint density at radius 3 is 2.63 bits per heavy atom. The van der Waals surface area contributed by atoms with Crippen LogP contribution in [0.5, 0.6) is 5.75 Å². The Bertz CT molecular complexity index is 1030. The molecule has 3 rings (SSSR count). The van der Waals surface area contributed by atoms with E-state index in [0.29, 0.717) is 17.2 Å².